The zero-order valence-corrected chi connectivity index (χ0v) is 10.6. The lowest BCUT2D eigenvalue weighted by Crippen LogP contribution is -2.28. The second-order valence-corrected chi connectivity index (χ2v) is 4.60. The number of hydrogen-bond acceptors (Lipinski definition) is 3. The Labute approximate surface area is 108 Å². The molecule has 0 heterocycles. The van der Waals surface area contributed by atoms with E-state index in [1.54, 1.807) is 6.92 Å². The van der Waals surface area contributed by atoms with Crippen LogP contribution in [0.5, 0.6) is 0 Å². The maximum Gasteiger partial charge on any atom is 0.230 e. The van der Waals surface area contributed by atoms with Gasteiger partial charge in [-0.1, -0.05) is 6.07 Å². The van der Waals surface area contributed by atoms with Crippen molar-refractivity contribution in [1.82, 2.24) is 5.32 Å². The van der Waals surface area contributed by atoms with Crippen molar-refractivity contribution in [3.05, 3.63) is 35.4 Å². The Morgan fingerprint density at radius 2 is 2.22 bits per heavy atom. The summed E-state index contributed by atoms with van der Waals surface area (Å²) in [6, 6.07) is 5.01. The second-order valence-electron chi connectivity index (χ2n) is 3.61. The van der Waals surface area contributed by atoms with Gasteiger partial charge in [0.15, 0.2) is 11.6 Å². The monoisotopic (exact) mass is 270 g/mol. The van der Waals surface area contributed by atoms with Crippen molar-refractivity contribution in [2.75, 3.05) is 11.5 Å². The third kappa shape index (κ3) is 4.34. The van der Waals surface area contributed by atoms with E-state index < -0.39 is 17.7 Å². The highest BCUT2D eigenvalue weighted by atomic mass is 32.2. The van der Waals surface area contributed by atoms with Crippen LogP contribution in [0.2, 0.25) is 0 Å². The molecule has 96 valence electrons. The molecular weight excluding hydrogens is 258 g/mol. The molecule has 0 aliphatic rings. The molecule has 1 aromatic carbocycles. The van der Waals surface area contributed by atoms with E-state index in [4.69, 9.17) is 5.26 Å². The van der Waals surface area contributed by atoms with Gasteiger partial charge >= 0.3 is 0 Å². The maximum atomic E-state index is 13.0. The quantitative estimate of drug-likeness (QED) is 0.836. The molecule has 1 atom stereocenters. The zero-order chi connectivity index (χ0) is 13.5. The predicted molar refractivity (Wildman–Crippen MR) is 65.9 cm³/mol. The average Bonchev–Trinajstić information content (AvgIpc) is 2.33. The van der Waals surface area contributed by atoms with E-state index in [9.17, 15) is 13.6 Å². The Hall–Kier alpha value is -1.61. The Morgan fingerprint density at radius 1 is 1.50 bits per heavy atom. The minimum Gasteiger partial charge on any atom is -0.349 e. The van der Waals surface area contributed by atoms with E-state index in [-0.39, 0.29) is 17.4 Å². The highest BCUT2D eigenvalue weighted by Crippen LogP contribution is 2.16. The second kappa shape index (κ2) is 6.97. The number of nitrogens with one attached hydrogen (secondary N) is 1. The summed E-state index contributed by atoms with van der Waals surface area (Å²) in [6.07, 6.45) is 0. The number of rotatable bonds is 5. The lowest BCUT2D eigenvalue weighted by Gasteiger charge is -2.14. The van der Waals surface area contributed by atoms with Gasteiger partial charge in [0.1, 0.15) is 0 Å². The van der Waals surface area contributed by atoms with Crippen molar-refractivity contribution in [3.8, 4) is 6.07 Å². The van der Waals surface area contributed by atoms with Gasteiger partial charge in [-0.3, -0.25) is 4.79 Å². The van der Waals surface area contributed by atoms with Crippen LogP contribution in [0, 0.1) is 23.0 Å². The molecule has 1 aromatic rings. The molecule has 0 saturated carbocycles. The molecule has 0 bridgehead atoms. The van der Waals surface area contributed by atoms with Crippen LogP contribution in [0.25, 0.3) is 0 Å². The fourth-order valence-electron chi connectivity index (χ4n) is 1.34. The number of benzene rings is 1. The first-order valence-electron chi connectivity index (χ1n) is 5.23. The molecular formula is C12H12F2N2OS. The van der Waals surface area contributed by atoms with Crippen molar-refractivity contribution < 1.29 is 13.6 Å². The van der Waals surface area contributed by atoms with Crippen LogP contribution in [0.15, 0.2) is 18.2 Å². The third-order valence-electron chi connectivity index (χ3n) is 2.22. The van der Waals surface area contributed by atoms with Gasteiger partial charge in [0, 0.05) is 0 Å². The number of amides is 1. The molecule has 1 amide bonds. The molecule has 0 saturated heterocycles. The van der Waals surface area contributed by atoms with Crippen molar-refractivity contribution in [3.63, 3.8) is 0 Å². The molecule has 0 fully saturated rings. The van der Waals surface area contributed by atoms with E-state index in [0.29, 0.717) is 5.56 Å². The summed E-state index contributed by atoms with van der Waals surface area (Å²) in [5.74, 6) is -1.68. The van der Waals surface area contributed by atoms with Gasteiger partial charge in [-0.2, -0.15) is 5.26 Å². The molecule has 0 aliphatic heterocycles. The van der Waals surface area contributed by atoms with Crippen LogP contribution in [-0.4, -0.2) is 17.4 Å². The van der Waals surface area contributed by atoms with E-state index >= 15 is 0 Å². The molecule has 0 radical (unpaired) electrons. The SMILES string of the molecule is CC(NC(=O)CSCC#N)c1ccc(F)c(F)c1. The number of carbonyl (C=O) groups excluding carboxylic acids is 1. The first-order chi connectivity index (χ1) is 8.54. The van der Waals surface area contributed by atoms with Crippen LogP contribution in [0.1, 0.15) is 18.5 Å². The Morgan fingerprint density at radius 3 is 2.83 bits per heavy atom. The van der Waals surface area contributed by atoms with Gasteiger partial charge in [0.25, 0.3) is 0 Å². The topological polar surface area (TPSA) is 52.9 Å². The number of hydrogen-bond donors (Lipinski definition) is 1. The number of carbonyl (C=O) groups is 1. The lowest BCUT2D eigenvalue weighted by molar-refractivity contribution is -0.119. The minimum absolute atomic E-state index is 0.168. The summed E-state index contributed by atoms with van der Waals surface area (Å²) in [6.45, 7) is 1.68. The van der Waals surface area contributed by atoms with Crippen LogP contribution >= 0.6 is 11.8 Å². The molecule has 0 aromatic heterocycles. The number of thioether (sulfide) groups is 1. The van der Waals surface area contributed by atoms with E-state index in [0.717, 1.165) is 12.1 Å². The van der Waals surface area contributed by atoms with Gasteiger partial charge < -0.3 is 5.32 Å². The van der Waals surface area contributed by atoms with E-state index in [1.165, 1.54) is 17.8 Å². The van der Waals surface area contributed by atoms with Crippen molar-refractivity contribution in [1.29, 1.82) is 5.26 Å². The largest absolute Gasteiger partial charge is 0.349 e. The standard InChI is InChI=1S/C12H12F2N2OS/c1-8(16-12(17)7-18-5-4-15)9-2-3-10(13)11(14)6-9/h2-3,6,8H,5,7H2,1H3,(H,16,17). The summed E-state index contributed by atoms with van der Waals surface area (Å²) >= 11 is 1.20. The van der Waals surface area contributed by atoms with Crippen molar-refractivity contribution >= 4 is 17.7 Å². The molecule has 0 spiro atoms. The number of halogens is 2. The molecule has 1 unspecified atom stereocenters. The van der Waals surface area contributed by atoms with Crippen LogP contribution < -0.4 is 5.32 Å². The molecule has 0 aliphatic carbocycles. The molecule has 6 heteroatoms. The zero-order valence-electron chi connectivity index (χ0n) is 9.74. The molecule has 3 nitrogen and oxygen atoms in total. The predicted octanol–water partition coefficient (Wildman–Crippen LogP) is 2.40. The fraction of sp³-hybridized carbons (Fsp3) is 0.333. The van der Waals surface area contributed by atoms with Gasteiger partial charge in [0.05, 0.1) is 23.6 Å². The fourth-order valence-corrected chi connectivity index (χ4v) is 1.80. The molecule has 1 N–H and O–H groups in total. The lowest BCUT2D eigenvalue weighted by atomic mass is 10.1. The van der Waals surface area contributed by atoms with Gasteiger partial charge in [-0.05, 0) is 24.6 Å². The maximum absolute atomic E-state index is 13.0. The summed E-state index contributed by atoms with van der Waals surface area (Å²) in [5.41, 5.74) is 0.493. The first kappa shape index (κ1) is 14.5. The van der Waals surface area contributed by atoms with Crippen molar-refractivity contribution in [2.24, 2.45) is 0 Å². The highest BCUT2D eigenvalue weighted by molar-refractivity contribution is 8.00. The van der Waals surface area contributed by atoms with Gasteiger partial charge in [0.2, 0.25) is 5.91 Å². The Balaban J connectivity index is 2.54. The Kier molecular flexibility index (Phi) is 5.59. The number of nitrogens with zero attached hydrogens (tertiary/aromatic N) is 1. The normalized spacial score (nSPS) is 11.7. The summed E-state index contributed by atoms with van der Waals surface area (Å²) in [7, 11) is 0. The average molecular weight is 270 g/mol. The molecule has 18 heavy (non-hydrogen) atoms. The van der Waals surface area contributed by atoms with E-state index in [1.807, 2.05) is 6.07 Å². The summed E-state index contributed by atoms with van der Waals surface area (Å²) < 4.78 is 25.7. The first-order valence-corrected chi connectivity index (χ1v) is 6.39. The van der Waals surface area contributed by atoms with E-state index in [2.05, 4.69) is 5.32 Å². The minimum atomic E-state index is -0.938. The van der Waals surface area contributed by atoms with Gasteiger partial charge in [-0.25, -0.2) is 8.78 Å². The molecule has 1 rings (SSSR count). The van der Waals surface area contributed by atoms with Crippen LogP contribution in [-0.2, 0) is 4.79 Å². The third-order valence-corrected chi connectivity index (χ3v) is 3.02. The summed E-state index contributed by atoms with van der Waals surface area (Å²) in [4.78, 5) is 11.4. The number of nitriles is 1. The Bertz CT molecular complexity index is 474. The highest BCUT2D eigenvalue weighted by Gasteiger charge is 2.11. The summed E-state index contributed by atoms with van der Waals surface area (Å²) in [5, 5.41) is 11.0. The van der Waals surface area contributed by atoms with Gasteiger partial charge in [-0.15, -0.1) is 11.8 Å². The smallest absolute Gasteiger partial charge is 0.230 e. The van der Waals surface area contributed by atoms with Crippen molar-refractivity contribution in [2.45, 2.75) is 13.0 Å². The van der Waals surface area contributed by atoms with Crippen LogP contribution in [0.3, 0.4) is 0 Å². The van der Waals surface area contributed by atoms with Crippen LogP contribution in [0.4, 0.5) is 8.78 Å².